The third-order valence-corrected chi connectivity index (χ3v) is 5.90. The highest BCUT2D eigenvalue weighted by Crippen LogP contribution is 2.64. The number of fused-ring (bicyclic) bond motifs is 1. The number of hydrogen-bond acceptors (Lipinski definition) is 5. The van der Waals surface area contributed by atoms with Gasteiger partial charge in [-0.3, -0.25) is 0 Å². The second-order valence-corrected chi connectivity index (χ2v) is 7.50. The van der Waals surface area contributed by atoms with Crippen LogP contribution in [0, 0.1) is 27.4 Å². The molecule has 24 heavy (non-hydrogen) atoms. The van der Waals surface area contributed by atoms with Crippen LogP contribution in [0.15, 0.2) is 23.8 Å². The summed E-state index contributed by atoms with van der Waals surface area (Å²) in [5, 5.41) is 29.8. The summed E-state index contributed by atoms with van der Waals surface area (Å²) < 4.78 is 0. The Labute approximate surface area is 140 Å². The molecule has 0 amide bonds. The van der Waals surface area contributed by atoms with Gasteiger partial charge in [0.05, 0.1) is 0 Å². The van der Waals surface area contributed by atoms with Gasteiger partial charge in [-0.2, -0.15) is 0 Å². The molecule has 3 aliphatic rings. The minimum absolute atomic E-state index is 0.0429. The Hall–Kier alpha value is -2.24. The standard InChI is InChI=1S/C18H23NO5/c1-10-6-13(15-9-14(10)18(15,2)3)17-11(4-5-24-19(22)23)7-12(20)8-16(17)21/h6-8,13-15,20-21H,4-5,9H2,1-3H3/t13-,14-,15+/m0/s1. The van der Waals surface area contributed by atoms with Crippen molar-refractivity contribution in [3.05, 3.63) is 45.0 Å². The predicted molar refractivity (Wildman–Crippen MR) is 88.3 cm³/mol. The van der Waals surface area contributed by atoms with Crippen LogP contribution in [0.3, 0.4) is 0 Å². The topological polar surface area (TPSA) is 92.8 Å². The summed E-state index contributed by atoms with van der Waals surface area (Å²) in [7, 11) is 0. The summed E-state index contributed by atoms with van der Waals surface area (Å²) in [6.45, 7) is 6.53. The lowest BCUT2D eigenvalue weighted by Crippen LogP contribution is -2.50. The smallest absolute Gasteiger partial charge is 0.294 e. The summed E-state index contributed by atoms with van der Waals surface area (Å²) in [6.07, 6.45) is 3.55. The zero-order chi connectivity index (χ0) is 17.6. The van der Waals surface area contributed by atoms with E-state index in [1.807, 2.05) is 0 Å². The molecule has 2 bridgehead atoms. The summed E-state index contributed by atoms with van der Waals surface area (Å²) in [5.41, 5.74) is 2.95. The highest BCUT2D eigenvalue weighted by molar-refractivity contribution is 5.51. The van der Waals surface area contributed by atoms with Gasteiger partial charge in [-0.1, -0.05) is 25.5 Å². The molecule has 0 spiro atoms. The van der Waals surface area contributed by atoms with E-state index in [0.717, 1.165) is 12.0 Å². The van der Waals surface area contributed by atoms with Crippen LogP contribution in [-0.2, 0) is 11.3 Å². The Kier molecular flexibility index (Phi) is 3.94. The van der Waals surface area contributed by atoms with Crippen LogP contribution in [0.5, 0.6) is 11.5 Å². The predicted octanol–water partition coefficient (Wildman–Crippen LogP) is 3.55. The van der Waals surface area contributed by atoms with Crippen LogP contribution in [-0.4, -0.2) is 21.9 Å². The van der Waals surface area contributed by atoms with Crippen molar-refractivity contribution in [3.63, 3.8) is 0 Å². The first-order chi connectivity index (χ1) is 11.2. The van der Waals surface area contributed by atoms with Gasteiger partial charge in [-0.05, 0) is 48.6 Å². The molecular weight excluding hydrogens is 310 g/mol. The third-order valence-electron chi connectivity index (χ3n) is 5.90. The van der Waals surface area contributed by atoms with Crippen molar-refractivity contribution in [3.8, 4) is 11.5 Å². The van der Waals surface area contributed by atoms with Crippen LogP contribution in [0.1, 0.15) is 44.2 Å². The molecule has 1 aromatic carbocycles. The van der Waals surface area contributed by atoms with Gasteiger partial charge < -0.3 is 15.1 Å². The van der Waals surface area contributed by atoms with Gasteiger partial charge in [0.2, 0.25) is 0 Å². The first-order valence-corrected chi connectivity index (χ1v) is 8.22. The number of rotatable bonds is 5. The molecule has 4 rings (SSSR count). The van der Waals surface area contributed by atoms with Crippen molar-refractivity contribution in [1.29, 1.82) is 0 Å². The fourth-order valence-corrected chi connectivity index (χ4v) is 4.64. The van der Waals surface area contributed by atoms with Crippen molar-refractivity contribution in [2.75, 3.05) is 6.61 Å². The quantitative estimate of drug-likeness (QED) is 0.488. The normalized spacial score (nSPS) is 27.1. The van der Waals surface area contributed by atoms with E-state index in [1.165, 1.54) is 11.6 Å². The fourth-order valence-electron chi connectivity index (χ4n) is 4.64. The van der Waals surface area contributed by atoms with Crippen molar-refractivity contribution < 1.29 is 20.1 Å². The Morgan fingerprint density at radius 1 is 1.38 bits per heavy atom. The van der Waals surface area contributed by atoms with Gasteiger partial charge in [-0.25, -0.2) is 0 Å². The van der Waals surface area contributed by atoms with Crippen LogP contribution in [0.2, 0.25) is 0 Å². The Morgan fingerprint density at radius 2 is 2.08 bits per heavy atom. The molecule has 0 heterocycles. The van der Waals surface area contributed by atoms with Crippen LogP contribution < -0.4 is 0 Å². The lowest BCUT2D eigenvalue weighted by molar-refractivity contribution is -0.757. The van der Waals surface area contributed by atoms with E-state index in [0.29, 0.717) is 17.4 Å². The van der Waals surface area contributed by atoms with Crippen LogP contribution in [0.4, 0.5) is 0 Å². The average Bonchev–Trinajstić information content (AvgIpc) is 2.44. The number of allylic oxidation sites excluding steroid dienone is 2. The molecule has 6 heteroatoms. The van der Waals surface area contributed by atoms with E-state index < -0.39 is 5.09 Å². The number of nitrogens with zero attached hydrogens (tertiary/aromatic N) is 1. The zero-order valence-electron chi connectivity index (χ0n) is 14.2. The molecule has 2 N–H and O–H groups in total. The van der Waals surface area contributed by atoms with Gasteiger partial charge in [0, 0.05) is 17.5 Å². The maximum Gasteiger partial charge on any atom is 0.294 e. The van der Waals surface area contributed by atoms with E-state index in [1.54, 1.807) is 6.07 Å². The molecule has 0 aliphatic heterocycles. The molecule has 0 aromatic heterocycles. The van der Waals surface area contributed by atoms with E-state index in [4.69, 9.17) is 0 Å². The molecule has 1 fully saturated rings. The van der Waals surface area contributed by atoms with Gasteiger partial charge in [-0.15, -0.1) is 10.1 Å². The first kappa shape index (κ1) is 16.6. The lowest BCUT2D eigenvalue weighted by Gasteiger charge is -2.59. The molecule has 1 saturated carbocycles. The number of phenolic OH excluding ortho intramolecular Hbond substituents is 2. The molecule has 6 nitrogen and oxygen atoms in total. The molecule has 0 radical (unpaired) electrons. The largest absolute Gasteiger partial charge is 0.508 e. The average molecular weight is 333 g/mol. The molecule has 0 unspecified atom stereocenters. The molecule has 0 saturated heterocycles. The van der Waals surface area contributed by atoms with Crippen molar-refractivity contribution in [2.24, 2.45) is 17.3 Å². The lowest BCUT2D eigenvalue weighted by atomic mass is 9.45. The number of phenols is 2. The Balaban J connectivity index is 1.98. The second kappa shape index (κ2) is 5.69. The van der Waals surface area contributed by atoms with Gasteiger partial charge >= 0.3 is 0 Å². The minimum atomic E-state index is -0.827. The van der Waals surface area contributed by atoms with Crippen LogP contribution in [0.25, 0.3) is 0 Å². The second-order valence-electron chi connectivity index (χ2n) is 7.50. The van der Waals surface area contributed by atoms with E-state index >= 15 is 0 Å². The maximum atomic E-state index is 10.5. The highest BCUT2D eigenvalue weighted by atomic mass is 16.9. The van der Waals surface area contributed by atoms with E-state index in [2.05, 4.69) is 31.7 Å². The van der Waals surface area contributed by atoms with Gasteiger partial charge in [0.25, 0.3) is 5.09 Å². The van der Waals surface area contributed by atoms with Gasteiger partial charge in [0.15, 0.2) is 0 Å². The Bertz CT molecular complexity index is 710. The molecule has 3 aliphatic carbocycles. The molecule has 1 aromatic rings. The monoisotopic (exact) mass is 333 g/mol. The summed E-state index contributed by atoms with van der Waals surface area (Å²) in [6, 6.07) is 2.91. The van der Waals surface area contributed by atoms with E-state index in [9.17, 15) is 20.3 Å². The van der Waals surface area contributed by atoms with Gasteiger partial charge in [0.1, 0.15) is 18.1 Å². The van der Waals surface area contributed by atoms with E-state index in [-0.39, 0.29) is 35.9 Å². The third kappa shape index (κ3) is 2.60. The summed E-state index contributed by atoms with van der Waals surface area (Å²) in [4.78, 5) is 14.8. The van der Waals surface area contributed by atoms with Crippen molar-refractivity contribution >= 4 is 0 Å². The molecular formula is C18H23NO5. The molecule has 130 valence electrons. The zero-order valence-corrected chi connectivity index (χ0v) is 14.2. The summed E-state index contributed by atoms with van der Waals surface area (Å²) in [5.74, 6) is 1.04. The minimum Gasteiger partial charge on any atom is -0.508 e. The highest BCUT2D eigenvalue weighted by Gasteiger charge is 2.55. The number of hydrogen-bond donors (Lipinski definition) is 2. The van der Waals surface area contributed by atoms with Crippen molar-refractivity contribution in [2.45, 2.75) is 39.5 Å². The first-order valence-electron chi connectivity index (χ1n) is 8.22. The summed E-state index contributed by atoms with van der Waals surface area (Å²) >= 11 is 0. The fraction of sp³-hybridized carbons (Fsp3) is 0.556. The number of benzene rings is 1. The SMILES string of the molecule is CC1=C[C@H](c2c(O)cc(O)cc2CCO[N+](=O)[O-])[C@H]2C[C@@H]1C2(C)C. The Morgan fingerprint density at radius 3 is 2.67 bits per heavy atom. The maximum absolute atomic E-state index is 10.5. The van der Waals surface area contributed by atoms with Crippen LogP contribution >= 0.6 is 0 Å². The number of aromatic hydroxyl groups is 2. The van der Waals surface area contributed by atoms with Crippen molar-refractivity contribution in [1.82, 2.24) is 0 Å². The molecule has 3 atom stereocenters.